The quantitative estimate of drug-likeness (QED) is 0.901. The number of hydrogen-bond donors (Lipinski definition) is 1. The standard InChI is InChI=1S/C12H15N3O3/c1-6(2)9-10(12(16)17)18-11(13-9)8-5-7(3)14-15(8)4/h5-6H,1-4H3,(H,16,17). The molecule has 0 radical (unpaired) electrons. The lowest BCUT2D eigenvalue weighted by Crippen LogP contribution is -2.01. The zero-order chi connectivity index (χ0) is 13.4. The van der Waals surface area contributed by atoms with Crippen molar-refractivity contribution in [2.45, 2.75) is 26.7 Å². The fourth-order valence-corrected chi connectivity index (χ4v) is 1.80. The molecule has 1 N–H and O–H groups in total. The van der Waals surface area contributed by atoms with Gasteiger partial charge in [-0.05, 0) is 18.9 Å². The lowest BCUT2D eigenvalue weighted by atomic mass is 10.1. The van der Waals surface area contributed by atoms with Crippen molar-refractivity contribution in [3.63, 3.8) is 0 Å². The summed E-state index contributed by atoms with van der Waals surface area (Å²) in [4.78, 5) is 15.4. The summed E-state index contributed by atoms with van der Waals surface area (Å²) in [5.41, 5.74) is 1.95. The Balaban J connectivity index is 2.56. The van der Waals surface area contributed by atoms with E-state index in [1.54, 1.807) is 11.7 Å². The first-order chi connectivity index (χ1) is 8.40. The number of rotatable bonds is 3. The number of hydrogen-bond acceptors (Lipinski definition) is 4. The van der Waals surface area contributed by atoms with Crippen molar-refractivity contribution in [2.24, 2.45) is 7.05 Å². The predicted octanol–water partition coefficient (Wildman–Crippen LogP) is 2.21. The van der Waals surface area contributed by atoms with Gasteiger partial charge < -0.3 is 9.52 Å². The molecule has 0 aliphatic carbocycles. The van der Waals surface area contributed by atoms with Crippen LogP contribution in [0.15, 0.2) is 10.5 Å². The zero-order valence-electron chi connectivity index (χ0n) is 10.8. The highest BCUT2D eigenvalue weighted by molar-refractivity contribution is 5.86. The third kappa shape index (κ3) is 2.01. The van der Waals surface area contributed by atoms with E-state index in [-0.39, 0.29) is 11.7 Å². The minimum atomic E-state index is -1.10. The Morgan fingerprint density at radius 1 is 1.50 bits per heavy atom. The Bertz CT molecular complexity index is 596. The van der Waals surface area contributed by atoms with Gasteiger partial charge in [0.05, 0.1) is 11.4 Å². The molecule has 0 amide bonds. The molecule has 96 valence electrons. The molecule has 2 aromatic heterocycles. The van der Waals surface area contributed by atoms with Crippen molar-refractivity contribution >= 4 is 5.97 Å². The van der Waals surface area contributed by atoms with Crippen LogP contribution in [0.3, 0.4) is 0 Å². The van der Waals surface area contributed by atoms with Crippen LogP contribution in [0.1, 0.15) is 41.7 Å². The summed E-state index contributed by atoms with van der Waals surface area (Å²) in [6.07, 6.45) is 0. The van der Waals surface area contributed by atoms with Gasteiger partial charge in [-0.25, -0.2) is 9.78 Å². The van der Waals surface area contributed by atoms with Gasteiger partial charge in [-0.3, -0.25) is 4.68 Å². The number of nitrogens with zero attached hydrogens (tertiary/aromatic N) is 3. The summed E-state index contributed by atoms with van der Waals surface area (Å²) in [7, 11) is 1.77. The molecule has 2 heterocycles. The van der Waals surface area contributed by atoms with Gasteiger partial charge in [0.15, 0.2) is 0 Å². The normalized spacial score (nSPS) is 11.2. The number of carbonyl (C=O) groups is 1. The van der Waals surface area contributed by atoms with E-state index in [1.165, 1.54) is 0 Å². The lowest BCUT2D eigenvalue weighted by molar-refractivity contribution is 0.0661. The van der Waals surface area contributed by atoms with Crippen molar-refractivity contribution in [3.8, 4) is 11.6 Å². The van der Waals surface area contributed by atoms with E-state index in [4.69, 9.17) is 9.52 Å². The molecule has 0 spiro atoms. The fraction of sp³-hybridized carbons (Fsp3) is 0.417. The van der Waals surface area contributed by atoms with Crippen LogP contribution in [-0.4, -0.2) is 25.8 Å². The van der Waals surface area contributed by atoms with Gasteiger partial charge >= 0.3 is 5.97 Å². The Labute approximate surface area is 104 Å². The second kappa shape index (κ2) is 4.29. The van der Waals surface area contributed by atoms with Crippen LogP contribution in [0, 0.1) is 6.92 Å². The van der Waals surface area contributed by atoms with Crippen LogP contribution in [-0.2, 0) is 7.05 Å². The van der Waals surface area contributed by atoms with E-state index in [0.717, 1.165) is 5.69 Å². The molecule has 6 nitrogen and oxygen atoms in total. The summed E-state index contributed by atoms with van der Waals surface area (Å²) in [5, 5.41) is 13.3. The highest BCUT2D eigenvalue weighted by Crippen LogP contribution is 2.26. The van der Waals surface area contributed by atoms with Crippen LogP contribution in [0.4, 0.5) is 0 Å². The van der Waals surface area contributed by atoms with Crippen molar-refractivity contribution in [3.05, 3.63) is 23.2 Å². The molecule has 0 saturated heterocycles. The van der Waals surface area contributed by atoms with Crippen molar-refractivity contribution < 1.29 is 14.3 Å². The van der Waals surface area contributed by atoms with Crippen LogP contribution >= 0.6 is 0 Å². The minimum Gasteiger partial charge on any atom is -0.475 e. The van der Waals surface area contributed by atoms with E-state index >= 15 is 0 Å². The first-order valence-corrected chi connectivity index (χ1v) is 5.65. The van der Waals surface area contributed by atoms with Gasteiger partial charge in [0.1, 0.15) is 5.69 Å². The van der Waals surface area contributed by atoms with Crippen molar-refractivity contribution in [2.75, 3.05) is 0 Å². The second-order valence-corrected chi connectivity index (χ2v) is 4.49. The lowest BCUT2D eigenvalue weighted by Gasteiger charge is -1.98. The number of aryl methyl sites for hydroxylation is 2. The third-order valence-electron chi connectivity index (χ3n) is 2.62. The Morgan fingerprint density at radius 3 is 2.56 bits per heavy atom. The van der Waals surface area contributed by atoms with Gasteiger partial charge in [-0.15, -0.1) is 0 Å². The SMILES string of the molecule is Cc1cc(-c2nc(C(C)C)c(C(=O)O)o2)n(C)n1. The summed E-state index contributed by atoms with van der Waals surface area (Å²) >= 11 is 0. The second-order valence-electron chi connectivity index (χ2n) is 4.49. The highest BCUT2D eigenvalue weighted by atomic mass is 16.4. The number of aromatic carboxylic acids is 1. The van der Waals surface area contributed by atoms with Gasteiger partial charge in [-0.1, -0.05) is 13.8 Å². The first kappa shape index (κ1) is 12.3. The van der Waals surface area contributed by atoms with Gasteiger partial charge in [0.25, 0.3) is 0 Å². The molecule has 6 heteroatoms. The number of oxazole rings is 1. The number of carboxylic acids is 1. The largest absolute Gasteiger partial charge is 0.475 e. The summed E-state index contributed by atoms with van der Waals surface area (Å²) in [6.45, 7) is 5.61. The Hall–Kier alpha value is -2.11. The topological polar surface area (TPSA) is 81.1 Å². The van der Waals surface area contributed by atoms with Crippen LogP contribution in [0.2, 0.25) is 0 Å². The summed E-state index contributed by atoms with van der Waals surface area (Å²) in [6, 6.07) is 1.81. The Kier molecular flexibility index (Phi) is 2.94. The maximum Gasteiger partial charge on any atom is 0.373 e. The summed E-state index contributed by atoms with van der Waals surface area (Å²) < 4.78 is 6.97. The molecule has 0 aromatic carbocycles. The molecular weight excluding hydrogens is 234 g/mol. The molecule has 0 atom stereocenters. The molecule has 2 rings (SSSR count). The molecule has 0 saturated carbocycles. The van der Waals surface area contributed by atoms with Crippen LogP contribution < -0.4 is 0 Å². The van der Waals surface area contributed by atoms with Gasteiger partial charge in [0.2, 0.25) is 11.7 Å². The van der Waals surface area contributed by atoms with E-state index in [2.05, 4.69) is 10.1 Å². The average Bonchev–Trinajstić information content (AvgIpc) is 2.81. The van der Waals surface area contributed by atoms with E-state index < -0.39 is 5.97 Å². The molecule has 0 unspecified atom stereocenters. The number of aromatic nitrogens is 3. The van der Waals surface area contributed by atoms with Crippen molar-refractivity contribution in [1.82, 2.24) is 14.8 Å². The molecule has 0 aliphatic rings. The maximum atomic E-state index is 11.1. The number of carboxylic acid groups (broad SMARTS) is 1. The molecule has 0 aliphatic heterocycles. The van der Waals surface area contributed by atoms with Gasteiger partial charge in [-0.2, -0.15) is 5.10 Å². The minimum absolute atomic E-state index is 0.0112. The van der Waals surface area contributed by atoms with E-state index in [9.17, 15) is 4.79 Å². The maximum absolute atomic E-state index is 11.1. The van der Waals surface area contributed by atoms with E-state index in [1.807, 2.05) is 26.8 Å². The third-order valence-corrected chi connectivity index (χ3v) is 2.62. The molecular formula is C12H15N3O3. The predicted molar refractivity (Wildman–Crippen MR) is 64.5 cm³/mol. The smallest absolute Gasteiger partial charge is 0.373 e. The van der Waals surface area contributed by atoms with Gasteiger partial charge in [0, 0.05) is 7.05 Å². The van der Waals surface area contributed by atoms with Crippen molar-refractivity contribution in [1.29, 1.82) is 0 Å². The first-order valence-electron chi connectivity index (χ1n) is 5.65. The fourth-order valence-electron chi connectivity index (χ4n) is 1.80. The van der Waals surface area contributed by atoms with Crippen LogP contribution in [0.25, 0.3) is 11.6 Å². The molecule has 0 fully saturated rings. The Morgan fingerprint density at radius 2 is 2.17 bits per heavy atom. The van der Waals surface area contributed by atoms with Crippen LogP contribution in [0.5, 0.6) is 0 Å². The molecule has 18 heavy (non-hydrogen) atoms. The molecule has 0 bridgehead atoms. The average molecular weight is 249 g/mol. The summed E-state index contributed by atoms with van der Waals surface area (Å²) in [5.74, 6) is -0.919. The monoisotopic (exact) mass is 249 g/mol. The van der Waals surface area contributed by atoms with E-state index in [0.29, 0.717) is 17.3 Å². The highest BCUT2D eigenvalue weighted by Gasteiger charge is 2.23. The zero-order valence-corrected chi connectivity index (χ0v) is 10.8. The molecule has 2 aromatic rings.